The Balaban J connectivity index is 3.95. The van der Waals surface area contributed by atoms with Crippen molar-refractivity contribution in [3.05, 3.63) is 0 Å². The molecule has 0 bridgehead atoms. The number of nitrogens with zero attached hydrogens (tertiary/aromatic N) is 1. The Morgan fingerprint density at radius 3 is 2.26 bits per heavy atom. The van der Waals surface area contributed by atoms with E-state index in [9.17, 15) is 0 Å². The minimum absolute atomic E-state index is 0.136. The third-order valence-electron chi connectivity index (χ3n) is 2.59. The van der Waals surface area contributed by atoms with E-state index in [0.29, 0.717) is 25.7 Å². The van der Waals surface area contributed by atoms with E-state index < -0.39 is 0 Å². The molecule has 2 N–H and O–H groups in total. The molecule has 0 aromatic heterocycles. The molecule has 0 aromatic carbocycles. The maximum absolute atomic E-state index is 5.67. The zero-order valence-electron chi connectivity index (χ0n) is 13.2. The molecule has 0 heterocycles. The molecule has 0 radical (unpaired) electrons. The highest BCUT2D eigenvalue weighted by molar-refractivity contribution is 4.58. The van der Waals surface area contributed by atoms with Crippen LogP contribution < -0.4 is 11.0 Å². The molecule has 0 fully saturated rings. The number of hydrogen-bond acceptors (Lipinski definition) is 6. The van der Waals surface area contributed by atoms with Crippen molar-refractivity contribution in [2.75, 3.05) is 26.9 Å². The van der Waals surface area contributed by atoms with Gasteiger partial charge in [0, 0.05) is 13.1 Å². The van der Waals surface area contributed by atoms with Crippen LogP contribution in [0.2, 0.25) is 0 Å². The molecule has 0 saturated heterocycles. The largest absolute Gasteiger partial charge is 0.305 e. The van der Waals surface area contributed by atoms with Crippen molar-refractivity contribution in [1.82, 2.24) is 16.0 Å². The van der Waals surface area contributed by atoms with Gasteiger partial charge in [-0.1, -0.05) is 20.8 Å². The van der Waals surface area contributed by atoms with E-state index in [1.807, 2.05) is 18.9 Å². The van der Waals surface area contributed by atoms with Crippen LogP contribution in [-0.4, -0.2) is 44.1 Å². The summed E-state index contributed by atoms with van der Waals surface area (Å²) in [5.41, 5.74) is 5.77. The van der Waals surface area contributed by atoms with Crippen molar-refractivity contribution in [2.24, 2.45) is 5.92 Å². The summed E-state index contributed by atoms with van der Waals surface area (Å²) in [4.78, 5) is 16.1. The van der Waals surface area contributed by atoms with E-state index in [4.69, 9.17) is 14.5 Å². The van der Waals surface area contributed by atoms with E-state index >= 15 is 0 Å². The molecule has 0 aliphatic carbocycles. The summed E-state index contributed by atoms with van der Waals surface area (Å²) < 4.78 is 0. The maximum Gasteiger partial charge on any atom is 0.0970 e. The van der Waals surface area contributed by atoms with Gasteiger partial charge in [0.2, 0.25) is 0 Å². The molecule has 0 aliphatic heterocycles. The first-order chi connectivity index (χ1) is 9.01. The van der Waals surface area contributed by atoms with Crippen molar-refractivity contribution >= 4 is 0 Å². The van der Waals surface area contributed by atoms with Crippen LogP contribution in [0.4, 0.5) is 0 Å². The molecule has 1 atom stereocenters. The molecule has 19 heavy (non-hydrogen) atoms. The normalized spacial score (nSPS) is 13.7. The molecule has 0 spiro atoms. The Labute approximate surface area is 117 Å². The maximum atomic E-state index is 5.67. The first-order valence-corrected chi connectivity index (χ1v) is 7.07. The van der Waals surface area contributed by atoms with Gasteiger partial charge >= 0.3 is 0 Å². The van der Waals surface area contributed by atoms with Crippen LogP contribution in [0.5, 0.6) is 0 Å². The van der Waals surface area contributed by atoms with Gasteiger partial charge < -0.3 is 4.84 Å². The van der Waals surface area contributed by atoms with Crippen LogP contribution in [-0.2, 0) is 14.5 Å². The molecule has 1 unspecified atom stereocenters. The van der Waals surface area contributed by atoms with Crippen molar-refractivity contribution in [3.63, 3.8) is 0 Å². The van der Waals surface area contributed by atoms with Gasteiger partial charge in [0.1, 0.15) is 0 Å². The number of hydroxylamine groups is 4. The molecule has 0 rings (SSSR count). The molecule has 6 nitrogen and oxygen atoms in total. The number of rotatable bonds is 12. The van der Waals surface area contributed by atoms with Gasteiger partial charge in [-0.15, -0.1) is 0 Å². The summed E-state index contributed by atoms with van der Waals surface area (Å²) >= 11 is 0. The van der Waals surface area contributed by atoms with Crippen molar-refractivity contribution in [2.45, 2.75) is 53.2 Å². The third-order valence-corrected chi connectivity index (χ3v) is 2.59. The molecule has 0 saturated carbocycles. The second-order valence-corrected chi connectivity index (χ2v) is 5.07. The second kappa shape index (κ2) is 11.6. The van der Waals surface area contributed by atoms with Crippen LogP contribution in [0.15, 0.2) is 0 Å². The van der Waals surface area contributed by atoms with Crippen molar-refractivity contribution < 1.29 is 14.5 Å². The zero-order valence-corrected chi connectivity index (χ0v) is 13.2. The highest BCUT2D eigenvalue weighted by Crippen LogP contribution is 2.08. The number of hydrogen-bond donors (Lipinski definition) is 2. The Hall–Kier alpha value is -0.240. The van der Waals surface area contributed by atoms with Gasteiger partial charge in [-0.05, 0) is 26.2 Å². The molecular formula is C13H31N3O3. The standard InChI is InChI=1S/C13H31N3O3/c1-7-13(11(2)3)18-15-10-16(19-12(4)5)9-8-14-17-6/h11-15H,7-10H2,1-6H3. The van der Waals surface area contributed by atoms with Gasteiger partial charge in [-0.3, -0.25) is 9.68 Å². The Morgan fingerprint density at radius 2 is 1.79 bits per heavy atom. The average molecular weight is 277 g/mol. The predicted molar refractivity (Wildman–Crippen MR) is 75.9 cm³/mol. The summed E-state index contributed by atoms with van der Waals surface area (Å²) in [5.74, 6) is 0.493. The first kappa shape index (κ1) is 18.8. The molecule has 0 aliphatic rings. The summed E-state index contributed by atoms with van der Waals surface area (Å²) in [6, 6.07) is 0. The Kier molecular flexibility index (Phi) is 11.4. The lowest BCUT2D eigenvalue weighted by Gasteiger charge is -2.26. The van der Waals surface area contributed by atoms with Crippen LogP contribution in [0.3, 0.4) is 0 Å². The number of nitrogens with one attached hydrogen (secondary N) is 2. The molecular weight excluding hydrogens is 246 g/mol. The van der Waals surface area contributed by atoms with E-state index in [2.05, 4.69) is 31.7 Å². The summed E-state index contributed by atoms with van der Waals surface area (Å²) in [5, 5.41) is 1.82. The molecule has 6 heteroatoms. The zero-order chi connectivity index (χ0) is 14.7. The summed E-state index contributed by atoms with van der Waals surface area (Å²) in [6.07, 6.45) is 1.34. The van der Waals surface area contributed by atoms with Crippen molar-refractivity contribution in [3.8, 4) is 0 Å². The van der Waals surface area contributed by atoms with Crippen LogP contribution in [0.25, 0.3) is 0 Å². The van der Waals surface area contributed by atoms with E-state index in [-0.39, 0.29) is 12.2 Å². The third kappa shape index (κ3) is 10.2. The summed E-state index contributed by atoms with van der Waals surface area (Å²) in [6.45, 7) is 12.3. The van der Waals surface area contributed by atoms with Crippen LogP contribution in [0.1, 0.15) is 41.0 Å². The average Bonchev–Trinajstić information content (AvgIpc) is 2.33. The summed E-state index contributed by atoms with van der Waals surface area (Å²) in [7, 11) is 1.60. The highest BCUT2D eigenvalue weighted by Gasteiger charge is 2.13. The van der Waals surface area contributed by atoms with Gasteiger partial charge in [-0.2, -0.15) is 10.5 Å². The molecule has 0 amide bonds. The second-order valence-electron chi connectivity index (χ2n) is 5.07. The molecule has 116 valence electrons. The Morgan fingerprint density at radius 1 is 1.11 bits per heavy atom. The van der Waals surface area contributed by atoms with Crippen LogP contribution in [0, 0.1) is 5.92 Å². The van der Waals surface area contributed by atoms with Gasteiger partial charge in [0.25, 0.3) is 0 Å². The van der Waals surface area contributed by atoms with Gasteiger partial charge in [-0.25, -0.2) is 5.48 Å². The van der Waals surface area contributed by atoms with E-state index in [1.165, 1.54) is 0 Å². The smallest absolute Gasteiger partial charge is 0.0970 e. The highest BCUT2D eigenvalue weighted by atomic mass is 16.7. The molecule has 0 aromatic rings. The fourth-order valence-electron chi connectivity index (χ4n) is 1.65. The minimum atomic E-state index is 0.136. The fraction of sp³-hybridized carbons (Fsp3) is 1.00. The lowest BCUT2D eigenvalue weighted by atomic mass is 10.1. The lowest BCUT2D eigenvalue weighted by molar-refractivity contribution is -0.214. The van der Waals surface area contributed by atoms with E-state index in [0.717, 1.165) is 6.42 Å². The lowest BCUT2D eigenvalue weighted by Crippen LogP contribution is -2.41. The van der Waals surface area contributed by atoms with Gasteiger partial charge in [0.15, 0.2) is 0 Å². The SMILES string of the molecule is CCC(ONCN(CCNOC)OC(C)C)C(C)C. The quantitative estimate of drug-likeness (QED) is 0.322. The first-order valence-electron chi connectivity index (χ1n) is 7.07. The predicted octanol–water partition coefficient (Wildman–Crippen LogP) is 1.69. The monoisotopic (exact) mass is 277 g/mol. The van der Waals surface area contributed by atoms with Crippen LogP contribution >= 0.6 is 0 Å². The van der Waals surface area contributed by atoms with E-state index in [1.54, 1.807) is 7.11 Å². The van der Waals surface area contributed by atoms with Crippen molar-refractivity contribution in [1.29, 1.82) is 0 Å². The topological polar surface area (TPSA) is 55.0 Å². The Bertz CT molecular complexity index is 204. The fourth-order valence-corrected chi connectivity index (χ4v) is 1.65. The minimum Gasteiger partial charge on any atom is -0.305 e. The van der Waals surface area contributed by atoms with Gasteiger partial charge in [0.05, 0.1) is 26.0 Å².